The quantitative estimate of drug-likeness (QED) is 0.300. The van der Waals surface area contributed by atoms with Gasteiger partial charge in [0.25, 0.3) is 0 Å². The lowest BCUT2D eigenvalue weighted by Crippen LogP contribution is -2.08. The molecule has 0 spiro atoms. The van der Waals surface area contributed by atoms with E-state index in [4.69, 9.17) is 4.74 Å². The first-order chi connectivity index (χ1) is 12.5. The first-order valence-electron chi connectivity index (χ1n) is 8.20. The van der Waals surface area contributed by atoms with E-state index < -0.39 is 0 Å². The molecule has 0 aliphatic heterocycles. The summed E-state index contributed by atoms with van der Waals surface area (Å²) in [5.74, 6) is 0.121. The first-order valence-corrected chi connectivity index (χ1v) is 9.00. The highest BCUT2D eigenvalue weighted by Gasteiger charge is 2.08. The van der Waals surface area contributed by atoms with Crippen molar-refractivity contribution >= 4 is 33.8 Å². The molecule has 3 aromatic rings. The van der Waals surface area contributed by atoms with E-state index in [-0.39, 0.29) is 5.97 Å². The topological polar surface area (TPSA) is 38.7 Å². The lowest BCUT2D eigenvalue weighted by Gasteiger charge is -2.05. The predicted octanol–water partition coefficient (Wildman–Crippen LogP) is 6.04. The monoisotopic (exact) mass is 407 g/mol. The second-order valence-electron chi connectivity index (χ2n) is 5.99. The van der Waals surface area contributed by atoms with Gasteiger partial charge in [-0.1, -0.05) is 22.0 Å². The number of esters is 1. The zero-order chi connectivity index (χ0) is 18.5. The minimum Gasteiger partial charge on any atom is -0.423 e. The Morgan fingerprint density at radius 2 is 1.62 bits per heavy atom. The molecule has 0 radical (unpaired) electrons. The smallest absolute Gasteiger partial charge is 0.343 e. The fourth-order valence-corrected chi connectivity index (χ4v) is 2.59. The highest BCUT2D eigenvalue weighted by Crippen LogP contribution is 2.18. The molecule has 26 heavy (non-hydrogen) atoms. The van der Waals surface area contributed by atoms with Crippen molar-refractivity contribution in [3.05, 3.63) is 93.5 Å². The van der Waals surface area contributed by atoms with Gasteiger partial charge in [-0.15, -0.1) is 0 Å². The summed E-state index contributed by atoms with van der Waals surface area (Å²) in [5, 5.41) is 0. The minimum atomic E-state index is -0.381. The van der Waals surface area contributed by atoms with E-state index in [0.717, 1.165) is 15.7 Å². The summed E-state index contributed by atoms with van der Waals surface area (Å²) in [6.45, 7) is 4.15. The fraction of sp³-hybridized carbons (Fsp3) is 0.0909. The third kappa shape index (κ3) is 4.67. The second kappa shape index (κ2) is 8.11. The van der Waals surface area contributed by atoms with Crippen molar-refractivity contribution in [3.8, 4) is 5.75 Å². The zero-order valence-electron chi connectivity index (χ0n) is 14.6. The summed E-state index contributed by atoms with van der Waals surface area (Å²) in [7, 11) is 0. The van der Waals surface area contributed by atoms with Gasteiger partial charge in [0.05, 0.1) is 11.3 Å². The maximum absolute atomic E-state index is 12.1. The van der Waals surface area contributed by atoms with Gasteiger partial charge < -0.3 is 4.74 Å². The average Bonchev–Trinajstić information content (AvgIpc) is 2.64. The Morgan fingerprint density at radius 3 is 2.27 bits per heavy atom. The molecule has 0 heterocycles. The van der Waals surface area contributed by atoms with Crippen LogP contribution in [0, 0.1) is 13.8 Å². The van der Waals surface area contributed by atoms with Crippen molar-refractivity contribution in [3.63, 3.8) is 0 Å². The molecule has 0 atom stereocenters. The maximum atomic E-state index is 12.1. The first kappa shape index (κ1) is 18.1. The van der Waals surface area contributed by atoms with E-state index in [2.05, 4.69) is 46.9 Å². The van der Waals surface area contributed by atoms with Gasteiger partial charge >= 0.3 is 5.97 Å². The number of aryl methyl sites for hydroxylation is 2. The molecule has 0 N–H and O–H groups in total. The largest absolute Gasteiger partial charge is 0.423 e. The number of benzene rings is 3. The normalized spacial score (nSPS) is 10.9. The van der Waals surface area contributed by atoms with E-state index >= 15 is 0 Å². The number of ether oxygens (including phenoxy) is 1. The number of aliphatic imine (C=N–C) groups is 1. The Bertz CT molecular complexity index is 945. The van der Waals surface area contributed by atoms with Gasteiger partial charge in [0.2, 0.25) is 0 Å². The van der Waals surface area contributed by atoms with Crippen molar-refractivity contribution in [2.75, 3.05) is 0 Å². The molecular weight excluding hydrogens is 390 g/mol. The van der Waals surface area contributed by atoms with Gasteiger partial charge in [0.1, 0.15) is 5.75 Å². The predicted molar refractivity (Wildman–Crippen MR) is 109 cm³/mol. The van der Waals surface area contributed by atoms with Crippen LogP contribution in [0.25, 0.3) is 0 Å². The number of hydrogen-bond acceptors (Lipinski definition) is 3. The van der Waals surface area contributed by atoms with E-state index in [0.29, 0.717) is 11.3 Å². The number of carbonyl (C=O) groups excluding carboxylic acids is 1. The molecule has 0 bridgehead atoms. The number of hydrogen-bond donors (Lipinski definition) is 0. The summed E-state index contributed by atoms with van der Waals surface area (Å²) in [6, 6.07) is 20.4. The van der Waals surface area contributed by atoms with Gasteiger partial charge in [-0.3, -0.25) is 4.99 Å². The lowest BCUT2D eigenvalue weighted by molar-refractivity contribution is 0.0735. The number of halogens is 1. The van der Waals surface area contributed by atoms with Crippen LogP contribution < -0.4 is 4.74 Å². The van der Waals surface area contributed by atoms with Gasteiger partial charge in [-0.2, -0.15) is 0 Å². The van der Waals surface area contributed by atoms with E-state index in [1.807, 2.05) is 30.3 Å². The molecule has 4 heteroatoms. The molecule has 3 aromatic carbocycles. The summed E-state index contributed by atoms with van der Waals surface area (Å²) in [4.78, 5) is 16.6. The zero-order valence-corrected chi connectivity index (χ0v) is 16.2. The summed E-state index contributed by atoms with van der Waals surface area (Å²) < 4.78 is 6.31. The molecular formula is C22H18BrNO2. The molecule has 0 aromatic heterocycles. The third-order valence-electron chi connectivity index (χ3n) is 4.02. The van der Waals surface area contributed by atoms with Gasteiger partial charge in [0, 0.05) is 10.7 Å². The highest BCUT2D eigenvalue weighted by atomic mass is 79.9. The Balaban J connectivity index is 1.66. The van der Waals surface area contributed by atoms with Crippen LogP contribution in [-0.2, 0) is 0 Å². The summed E-state index contributed by atoms with van der Waals surface area (Å²) in [5.41, 5.74) is 4.83. The van der Waals surface area contributed by atoms with Crippen molar-refractivity contribution in [2.24, 2.45) is 4.99 Å². The maximum Gasteiger partial charge on any atom is 0.343 e. The molecule has 0 saturated carbocycles. The van der Waals surface area contributed by atoms with Crippen LogP contribution in [0.1, 0.15) is 27.0 Å². The second-order valence-corrected chi connectivity index (χ2v) is 6.91. The van der Waals surface area contributed by atoms with Crippen molar-refractivity contribution in [1.82, 2.24) is 0 Å². The van der Waals surface area contributed by atoms with Crippen LogP contribution in [0.15, 0.2) is 76.2 Å². The molecule has 130 valence electrons. The van der Waals surface area contributed by atoms with Crippen LogP contribution >= 0.6 is 15.9 Å². The van der Waals surface area contributed by atoms with Crippen LogP contribution in [0.4, 0.5) is 5.69 Å². The van der Waals surface area contributed by atoms with Crippen molar-refractivity contribution < 1.29 is 9.53 Å². The molecule has 0 fully saturated rings. The van der Waals surface area contributed by atoms with Crippen LogP contribution in [0.2, 0.25) is 0 Å². The lowest BCUT2D eigenvalue weighted by atomic mass is 10.1. The highest BCUT2D eigenvalue weighted by molar-refractivity contribution is 9.10. The standard InChI is InChI=1S/C22H18BrNO2/c1-15-3-10-20(13-16(15)2)24-14-17-4-11-21(12-5-17)26-22(25)18-6-8-19(23)9-7-18/h3-14H,1-2H3. The Labute approximate surface area is 161 Å². The van der Waals surface area contributed by atoms with Gasteiger partial charge in [-0.25, -0.2) is 4.79 Å². The molecule has 0 aliphatic rings. The Morgan fingerprint density at radius 1 is 0.923 bits per heavy atom. The number of nitrogens with zero attached hydrogens (tertiary/aromatic N) is 1. The Hall–Kier alpha value is -2.72. The summed E-state index contributed by atoms with van der Waals surface area (Å²) >= 11 is 3.34. The number of rotatable bonds is 4. The molecule has 3 rings (SSSR count). The van der Waals surface area contributed by atoms with E-state index in [1.165, 1.54) is 11.1 Å². The third-order valence-corrected chi connectivity index (χ3v) is 4.55. The van der Waals surface area contributed by atoms with Crippen LogP contribution in [0.5, 0.6) is 5.75 Å². The van der Waals surface area contributed by atoms with Crippen LogP contribution in [-0.4, -0.2) is 12.2 Å². The minimum absolute atomic E-state index is 0.381. The molecule has 0 unspecified atom stereocenters. The van der Waals surface area contributed by atoms with E-state index in [1.54, 1.807) is 30.5 Å². The van der Waals surface area contributed by atoms with Gasteiger partial charge in [-0.05, 0) is 91.2 Å². The van der Waals surface area contributed by atoms with Crippen molar-refractivity contribution in [2.45, 2.75) is 13.8 Å². The molecule has 0 saturated heterocycles. The molecule has 3 nitrogen and oxygen atoms in total. The summed E-state index contributed by atoms with van der Waals surface area (Å²) in [6.07, 6.45) is 1.80. The fourth-order valence-electron chi connectivity index (χ4n) is 2.33. The molecule has 0 aliphatic carbocycles. The molecule has 0 amide bonds. The Kier molecular flexibility index (Phi) is 5.64. The van der Waals surface area contributed by atoms with E-state index in [9.17, 15) is 4.79 Å². The average molecular weight is 408 g/mol. The van der Waals surface area contributed by atoms with Crippen molar-refractivity contribution in [1.29, 1.82) is 0 Å². The van der Waals surface area contributed by atoms with Crippen LogP contribution in [0.3, 0.4) is 0 Å². The number of carbonyl (C=O) groups is 1. The van der Waals surface area contributed by atoms with Gasteiger partial charge in [0.15, 0.2) is 0 Å². The SMILES string of the molecule is Cc1ccc(N=Cc2ccc(OC(=O)c3ccc(Br)cc3)cc2)cc1C.